The first kappa shape index (κ1) is 22.5. The van der Waals surface area contributed by atoms with Gasteiger partial charge in [-0.1, -0.05) is 12.1 Å². The Balaban J connectivity index is 1.84. The summed E-state index contributed by atoms with van der Waals surface area (Å²) in [5.41, 5.74) is 2.94. The molecule has 0 saturated carbocycles. The lowest BCUT2D eigenvalue weighted by atomic mass is 10.1. The van der Waals surface area contributed by atoms with E-state index in [1.807, 2.05) is 33.8 Å². The molecule has 0 unspecified atom stereocenters. The number of nitrogens with zero attached hydrogens (tertiary/aromatic N) is 3. The summed E-state index contributed by atoms with van der Waals surface area (Å²) in [6.45, 7) is 7.68. The summed E-state index contributed by atoms with van der Waals surface area (Å²) < 4.78 is 33.3. The zero-order chi connectivity index (χ0) is 23.9. The third kappa shape index (κ3) is 4.61. The maximum atomic E-state index is 13.4. The predicted octanol–water partition coefficient (Wildman–Crippen LogP) is 4.51. The Hall–Kier alpha value is -3.66. The van der Waals surface area contributed by atoms with Crippen LogP contribution in [0.3, 0.4) is 0 Å². The van der Waals surface area contributed by atoms with Crippen LogP contribution in [0.2, 0.25) is 0 Å². The lowest BCUT2D eigenvalue weighted by molar-refractivity contribution is 0.102. The molecule has 3 heterocycles. The number of anilines is 2. The zero-order valence-corrected chi connectivity index (χ0v) is 19.8. The molecule has 0 bridgehead atoms. The summed E-state index contributed by atoms with van der Waals surface area (Å²) in [4.78, 5) is 18.2. The van der Waals surface area contributed by atoms with Crippen molar-refractivity contribution in [2.24, 2.45) is 0 Å². The number of amides is 1. The van der Waals surface area contributed by atoms with Crippen molar-refractivity contribution >= 4 is 38.3 Å². The molecule has 0 aliphatic carbocycles. The number of carbonyl (C=O) groups is 1. The first-order chi connectivity index (χ1) is 15.5. The van der Waals surface area contributed by atoms with Crippen LogP contribution < -0.4 is 10.0 Å². The van der Waals surface area contributed by atoms with Crippen LogP contribution in [0, 0.1) is 13.8 Å². The Morgan fingerprint density at radius 3 is 2.42 bits per heavy atom. The molecule has 1 aromatic carbocycles. The quantitative estimate of drug-likeness (QED) is 0.430. The van der Waals surface area contributed by atoms with Crippen LogP contribution in [-0.4, -0.2) is 35.3 Å². The number of fused-ring (bicyclic) bond motifs is 1. The SMILES string of the molecule is Cc1cc(-c2cc(C(=O)Nc3ccccc3NS(C)(=O)=O)c3cnn(C(C)C)c3n2)c(C)o1. The number of aromatic nitrogens is 3. The van der Waals surface area contributed by atoms with Crippen molar-refractivity contribution in [3.8, 4) is 11.3 Å². The number of hydrogen-bond acceptors (Lipinski definition) is 6. The van der Waals surface area contributed by atoms with Crippen LogP contribution in [0.25, 0.3) is 22.3 Å². The van der Waals surface area contributed by atoms with Gasteiger partial charge in [-0.2, -0.15) is 5.10 Å². The monoisotopic (exact) mass is 467 g/mol. The largest absolute Gasteiger partial charge is 0.466 e. The highest BCUT2D eigenvalue weighted by atomic mass is 32.2. The summed E-state index contributed by atoms with van der Waals surface area (Å²) in [7, 11) is -3.52. The molecule has 2 N–H and O–H groups in total. The standard InChI is InChI=1S/C23H25N5O4S/c1-13(2)28-22-18(12-24-28)17(11-21(25-22)16-10-14(3)32-15(16)4)23(29)26-19-8-6-7-9-20(19)27-33(5,30)31/h6-13,27H,1-5H3,(H,26,29). The van der Waals surface area contributed by atoms with Crippen LogP contribution in [0.5, 0.6) is 0 Å². The topological polar surface area (TPSA) is 119 Å². The number of carbonyl (C=O) groups excluding carboxylic acids is 1. The fraction of sp³-hybridized carbons (Fsp3) is 0.261. The van der Waals surface area contributed by atoms with E-state index in [1.54, 1.807) is 41.2 Å². The number of rotatable bonds is 6. The number of aryl methyl sites for hydroxylation is 2. The molecule has 9 nitrogen and oxygen atoms in total. The molecule has 3 aromatic heterocycles. The van der Waals surface area contributed by atoms with E-state index in [4.69, 9.17) is 9.40 Å². The minimum atomic E-state index is -3.52. The minimum absolute atomic E-state index is 0.0352. The molecular formula is C23H25N5O4S. The summed E-state index contributed by atoms with van der Waals surface area (Å²) in [6, 6.07) is 10.2. The molecule has 4 aromatic rings. The van der Waals surface area contributed by atoms with E-state index in [0.29, 0.717) is 33.7 Å². The van der Waals surface area contributed by atoms with Crippen molar-refractivity contribution in [1.82, 2.24) is 14.8 Å². The molecule has 0 fully saturated rings. The van der Waals surface area contributed by atoms with Gasteiger partial charge in [0.25, 0.3) is 5.91 Å². The third-order valence-electron chi connectivity index (χ3n) is 5.09. The number of sulfonamides is 1. The van der Waals surface area contributed by atoms with Gasteiger partial charge in [-0.05, 0) is 52.0 Å². The van der Waals surface area contributed by atoms with Gasteiger partial charge in [-0.25, -0.2) is 18.1 Å². The Kier molecular flexibility index (Phi) is 5.71. The van der Waals surface area contributed by atoms with Crippen LogP contribution in [0.4, 0.5) is 11.4 Å². The molecule has 10 heteroatoms. The van der Waals surface area contributed by atoms with Gasteiger partial charge >= 0.3 is 0 Å². The van der Waals surface area contributed by atoms with Gasteiger partial charge in [0.1, 0.15) is 11.5 Å². The summed E-state index contributed by atoms with van der Waals surface area (Å²) in [5.74, 6) is 1.03. The third-order valence-corrected chi connectivity index (χ3v) is 5.68. The van der Waals surface area contributed by atoms with Gasteiger partial charge in [0.2, 0.25) is 10.0 Å². The van der Waals surface area contributed by atoms with E-state index in [-0.39, 0.29) is 11.7 Å². The van der Waals surface area contributed by atoms with E-state index in [2.05, 4.69) is 15.1 Å². The van der Waals surface area contributed by atoms with Crippen molar-refractivity contribution in [2.75, 3.05) is 16.3 Å². The number of furan rings is 1. The number of nitrogens with one attached hydrogen (secondary N) is 2. The molecule has 0 spiro atoms. The van der Waals surface area contributed by atoms with Crippen LogP contribution >= 0.6 is 0 Å². The van der Waals surface area contributed by atoms with Gasteiger partial charge in [0.05, 0.1) is 40.5 Å². The Labute approximate surface area is 191 Å². The highest BCUT2D eigenvalue weighted by Gasteiger charge is 2.21. The molecule has 0 radical (unpaired) electrons. The Bertz CT molecular complexity index is 1470. The number of para-hydroxylation sites is 2. The van der Waals surface area contributed by atoms with Gasteiger partial charge in [0, 0.05) is 11.6 Å². The molecule has 1 amide bonds. The van der Waals surface area contributed by atoms with Crippen molar-refractivity contribution in [3.05, 3.63) is 59.7 Å². The van der Waals surface area contributed by atoms with Crippen molar-refractivity contribution in [2.45, 2.75) is 33.7 Å². The first-order valence-corrected chi connectivity index (χ1v) is 12.3. The Morgan fingerprint density at radius 2 is 1.82 bits per heavy atom. The normalized spacial score (nSPS) is 11.8. The minimum Gasteiger partial charge on any atom is -0.466 e. The number of benzene rings is 1. The van der Waals surface area contributed by atoms with Gasteiger partial charge in [-0.3, -0.25) is 9.52 Å². The molecule has 0 aliphatic heterocycles. The zero-order valence-electron chi connectivity index (χ0n) is 19.0. The maximum absolute atomic E-state index is 13.4. The van der Waals surface area contributed by atoms with Crippen molar-refractivity contribution in [3.63, 3.8) is 0 Å². The predicted molar refractivity (Wildman–Crippen MR) is 128 cm³/mol. The van der Waals surface area contributed by atoms with Crippen molar-refractivity contribution in [1.29, 1.82) is 0 Å². The summed E-state index contributed by atoms with van der Waals surface area (Å²) in [5, 5.41) is 7.85. The smallest absolute Gasteiger partial charge is 0.256 e. The number of pyridine rings is 1. The second kappa shape index (κ2) is 8.36. The van der Waals surface area contributed by atoms with E-state index in [1.165, 1.54) is 0 Å². The molecule has 0 aliphatic rings. The van der Waals surface area contributed by atoms with E-state index in [9.17, 15) is 13.2 Å². The van der Waals surface area contributed by atoms with Gasteiger partial charge in [0.15, 0.2) is 5.65 Å². The highest BCUT2D eigenvalue weighted by molar-refractivity contribution is 7.92. The average Bonchev–Trinajstić information content (AvgIpc) is 3.30. The van der Waals surface area contributed by atoms with Crippen LogP contribution in [0.15, 0.2) is 47.0 Å². The second-order valence-electron chi connectivity index (χ2n) is 8.18. The lowest BCUT2D eigenvalue weighted by Gasteiger charge is -2.13. The Morgan fingerprint density at radius 1 is 1.12 bits per heavy atom. The average molecular weight is 468 g/mol. The molecule has 0 saturated heterocycles. The fourth-order valence-electron chi connectivity index (χ4n) is 3.68. The second-order valence-corrected chi connectivity index (χ2v) is 9.92. The van der Waals surface area contributed by atoms with E-state index >= 15 is 0 Å². The highest BCUT2D eigenvalue weighted by Crippen LogP contribution is 2.31. The maximum Gasteiger partial charge on any atom is 0.256 e. The first-order valence-electron chi connectivity index (χ1n) is 10.4. The van der Waals surface area contributed by atoms with E-state index in [0.717, 1.165) is 17.6 Å². The van der Waals surface area contributed by atoms with Crippen LogP contribution in [0.1, 0.15) is 41.8 Å². The summed E-state index contributed by atoms with van der Waals surface area (Å²) >= 11 is 0. The molecule has 4 rings (SSSR count). The van der Waals surface area contributed by atoms with Crippen molar-refractivity contribution < 1.29 is 17.6 Å². The summed E-state index contributed by atoms with van der Waals surface area (Å²) in [6.07, 6.45) is 2.68. The molecule has 33 heavy (non-hydrogen) atoms. The van der Waals surface area contributed by atoms with Crippen LogP contribution in [-0.2, 0) is 10.0 Å². The lowest BCUT2D eigenvalue weighted by Crippen LogP contribution is -2.16. The molecular weight excluding hydrogens is 442 g/mol. The fourth-order valence-corrected chi connectivity index (χ4v) is 4.25. The van der Waals surface area contributed by atoms with Gasteiger partial charge < -0.3 is 9.73 Å². The molecule has 0 atom stereocenters. The molecule has 172 valence electrons. The van der Waals surface area contributed by atoms with E-state index < -0.39 is 15.9 Å². The van der Waals surface area contributed by atoms with Gasteiger partial charge in [-0.15, -0.1) is 0 Å². The number of hydrogen-bond donors (Lipinski definition) is 2.